The van der Waals surface area contributed by atoms with E-state index in [0.29, 0.717) is 11.4 Å². The molecule has 5 nitrogen and oxygen atoms in total. The molecule has 0 saturated carbocycles. The Morgan fingerprint density at radius 3 is 2.86 bits per heavy atom. The van der Waals surface area contributed by atoms with E-state index in [1.54, 1.807) is 12.1 Å². The van der Waals surface area contributed by atoms with Crippen LogP contribution in [-0.2, 0) is 0 Å². The van der Waals surface area contributed by atoms with Crippen molar-refractivity contribution < 1.29 is 18.0 Å². The van der Waals surface area contributed by atoms with Crippen molar-refractivity contribution in [2.45, 2.75) is 24.0 Å². The topological polar surface area (TPSA) is 77.8 Å². The fraction of sp³-hybridized carbons (Fsp3) is 0.417. The van der Waals surface area contributed by atoms with Gasteiger partial charge >= 0.3 is 12.2 Å². The minimum atomic E-state index is -4.34. The Balaban J connectivity index is 2.39. The molecule has 0 radical (unpaired) electrons. The van der Waals surface area contributed by atoms with Crippen molar-refractivity contribution >= 4 is 35.6 Å². The summed E-state index contributed by atoms with van der Waals surface area (Å²) in [7, 11) is 0. The van der Waals surface area contributed by atoms with Crippen LogP contribution in [0.25, 0.3) is 0 Å². The molecule has 0 aromatic carbocycles. The number of thioether (sulfide) groups is 1. The first-order valence-corrected chi connectivity index (χ1v) is 8.10. The van der Waals surface area contributed by atoms with Gasteiger partial charge in [0.2, 0.25) is 0 Å². The molecule has 0 unspecified atom stereocenters. The first-order valence-electron chi connectivity index (χ1n) is 6.13. The minimum Gasteiger partial charge on any atom is -0.292 e. The van der Waals surface area contributed by atoms with Crippen LogP contribution in [0.1, 0.15) is 12.8 Å². The van der Waals surface area contributed by atoms with Gasteiger partial charge in [0, 0.05) is 12.2 Å². The number of anilines is 1. The van der Waals surface area contributed by atoms with Crippen LogP contribution in [0.2, 0.25) is 0 Å². The van der Waals surface area contributed by atoms with Crippen LogP contribution >= 0.6 is 23.7 Å². The van der Waals surface area contributed by atoms with Crippen LogP contribution in [0.4, 0.5) is 23.8 Å². The van der Waals surface area contributed by atoms with Gasteiger partial charge in [-0.05, 0) is 30.5 Å². The fourth-order valence-electron chi connectivity index (χ4n) is 1.22. The number of carbonyl (C=O) groups is 1. The van der Waals surface area contributed by atoms with Crippen LogP contribution in [0, 0.1) is 11.3 Å². The van der Waals surface area contributed by atoms with Crippen molar-refractivity contribution in [3.63, 3.8) is 0 Å². The Morgan fingerprint density at radius 1 is 1.41 bits per heavy atom. The molecule has 0 fully saturated rings. The number of amides is 2. The molecule has 0 bridgehead atoms. The number of carbonyl (C=O) groups excluding carboxylic acids is 1. The predicted molar refractivity (Wildman–Crippen MR) is 80.5 cm³/mol. The Labute approximate surface area is 134 Å². The van der Waals surface area contributed by atoms with Crippen molar-refractivity contribution in [2.75, 3.05) is 16.8 Å². The molecule has 0 atom stereocenters. The maximum absolute atomic E-state index is 11.9. The monoisotopic (exact) mass is 350 g/mol. The number of alkyl halides is 3. The number of aromatic nitrogens is 1. The standard InChI is InChI=1S/C12H13F3N4OS2/c13-12(14,15)8-22-19-11(20)18-9-4-3-5-10(17-9)21-7-2-1-6-16/h3-5H,1-2,7-8H2,(H2,17,18,19,20). The van der Waals surface area contributed by atoms with Crippen molar-refractivity contribution in [3.8, 4) is 6.07 Å². The number of urea groups is 1. The summed E-state index contributed by atoms with van der Waals surface area (Å²) in [5, 5.41) is 11.4. The Bertz CT molecular complexity index is 534. The van der Waals surface area contributed by atoms with E-state index in [1.807, 2.05) is 10.8 Å². The molecule has 10 heteroatoms. The van der Waals surface area contributed by atoms with E-state index in [9.17, 15) is 18.0 Å². The summed E-state index contributed by atoms with van der Waals surface area (Å²) in [6.07, 6.45) is -3.14. The van der Waals surface area contributed by atoms with Gasteiger partial charge in [-0.2, -0.15) is 18.4 Å². The van der Waals surface area contributed by atoms with Gasteiger partial charge in [0.25, 0.3) is 0 Å². The summed E-state index contributed by atoms with van der Waals surface area (Å²) in [6.45, 7) is 0. The van der Waals surface area contributed by atoms with Crippen molar-refractivity contribution in [1.82, 2.24) is 9.71 Å². The highest BCUT2D eigenvalue weighted by Crippen LogP contribution is 2.20. The molecular weight excluding hydrogens is 337 g/mol. The van der Waals surface area contributed by atoms with E-state index >= 15 is 0 Å². The smallest absolute Gasteiger partial charge is 0.292 e. The predicted octanol–water partition coefficient (Wildman–Crippen LogP) is 3.81. The maximum Gasteiger partial charge on any atom is 0.399 e. The molecule has 1 aromatic heterocycles. The van der Waals surface area contributed by atoms with Crippen LogP contribution in [0.3, 0.4) is 0 Å². The zero-order chi connectivity index (χ0) is 16.4. The molecule has 0 aliphatic carbocycles. The largest absolute Gasteiger partial charge is 0.399 e. The molecule has 0 spiro atoms. The number of unbranched alkanes of at least 4 members (excludes halogenated alkanes) is 1. The number of nitriles is 1. The van der Waals surface area contributed by atoms with Crippen molar-refractivity contribution in [1.29, 1.82) is 5.26 Å². The van der Waals surface area contributed by atoms with Gasteiger partial charge in [-0.15, -0.1) is 11.8 Å². The van der Waals surface area contributed by atoms with Crippen molar-refractivity contribution in [3.05, 3.63) is 18.2 Å². The lowest BCUT2D eigenvalue weighted by Crippen LogP contribution is -2.26. The summed E-state index contributed by atoms with van der Waals surface area (Å²) in [6, 6.07) is 6.23. The van der Waals surface area contributed by atoms with Gasteiger partial charge in [-0.3, -0.25) is 10.0 Å². The molecule has 2 N–H and O–H groups in total. The normalized spacial score (nSPS) is 10.8. The molecule has 0 saturated heterocycles. The van der Waals surface area contributed by atoms with Gasteiger partial charge in [-0.1, -0.05) is 6.07 Å². The lowest BCUT2D eigenvalue weighted by Gasteiger charge is -2.08. The molecule has 0 aliphatic rings. The number of hydrogen-bond donors (Lipinski definition) is 2. The molecule has 22 heavy (non-hydrogen) atoms. The molecule has 1 heterocycles. The maximum atomic E-state index is 11.9. The van der Waals surface area contributed by atoms with Gasteiger partial charge in [-0.25, -0.2) is 9.78 Å². The SMILES string of the molecule is N#CCCCSc1cccc(NC(=O)NSCC(F)(F)F)n1. The first-order chi connectivity index (χ1) is 10.4. The first kappa shape index (κ1) is 18.4. The van der Waals surface area contributed by atoms with E-state index in [0.717, 1.165) is 12.2 Å². The molecule has 1 aromatic rings. The average molecular weight is 350 g/mol. The number of halogens is 3. The highest BCUT2D eigenvalue weighted by Gasteiger charge is 2.27. The second-order valence-corrected chi connectivity index (χ2v) is 5.83. The zero-order valence-electron chi connectivity index (χ0n) is 11.3. The number of rotatable bonds is 7. The second-order valence-electron chi connectivity index (χ2n) is 3.93. The highest BCUT2D eigenvalue weighted by atomic mass is 32.2. The van der Waals surface area contributed by atoms with Crippen molar-refractivity contribution in [2.24, 2.45) is 0 Å². The average Bonchev–Trinajstić information content (AvgIpc) is 2.42. The fourth-order valence-corrected chi connectivity index (χ4v) is 2.47. The van der Waals surface area contributed by atoms with E-state index in [1.165, 1.54) is 17.8 Å². The van der Waals surface area contributed by atoms with E-state index in [4.69, 9.17) is 5.26 Å². The van der Waals surface area contributed by atoms with Gasteiger partial charge in [0.1, 0.15) is 11.6 Å². The van der Waals surface area contributed by atoms with Crippen LogP contribution in [-0.4, -0.2) is 28.7 Å². The molecule has 120 valence electrons. The summed E-state index contributed by atoms with van der Waals surface area (Å²) in [4.78, 5) is 15.6. The Morgan fingerprint density at radius 2 is 2.18 bits per heavy atom. The zero-order valence-corrected chi connectivity index (χ0v) is 12.9. The quantitative estimate of drug-likeness (QED) is 0.444. The summed E-state index contributed by atoms with van der Waals surface area (Å²) >= 11 is 1.70. The minimum absolute atomic E-state index is 0.246. The lowest BCUT2D eigenvalue weighted by molar-refractivity contribution is -0.105. The number of nitrogens with one attached hydrogen (secondary N) is 2. The van der Waals surface area contributed by atoms with Crippen LogP contribution in [0.15, 0.2) is 23.2 Å². The third-order valence-electron chi connectivity index (χ3n) is 2.05. The molecule has 0 aliphatic heterocycles. The van der Waals surface area contributed by atoms with E-state index in [2.05, 4.69) is 10.3 Å². The number of nitrogens with zero attached hydrogens (tertiary/aromatic N) is 2. The Hall–Kier alpha value is -1.60. The van der Waals surface area contributed by atoms with Crippen LogP contribution < -0.4 is 10.0 Å². The van der Waals surface area contributed by atoms with Crippen LogP contribution in [0.5, 0.6) is 0 Å². The van der Waals surface area contributed by atoms with Gasteiger partial charge < -0.3 is 0 Å². The summed E-state index contributed by atoms with van der Waals surface area (Å²) in [5.74, 6) is -0.198. The second kappa shape index (κ2) is 9.42. The molecule has 1 rings (SSSR count). The summed E-state index contributed by atoms with van der Waals surface area (Å²) in [5.41, 5.74) is 0. The van der Waals surface area contributed by atoms with Gasteiger partial charge in [0.15, 0.2) is 0 Å². The molecule has 2 amide bonds. The number of hydrogen-bond acceptors (Lipinski definition) is 5. The molecular formula is C12H13F3N4OS2. The van der Waals surface area contributed by atoms with Gasteiger partial charge in [0.05, 0.1) is 11.1 Å². The van der Waals surface area contributed by atoms with E-state index in [-0.39, 0.29) is 17.8 Å². The summed E-state index contributed by atoms with van der Waals surface area (Å²) < 4.78 is 37.8. The highest BCUT2D eigenvalue weighted by molar-refractivity contribution is 7.99. The number of pyridine rings is 1. The third kappa shape index (κ3) is 8.63. The third-order valence-corrected chi connectivity index (χ3v) is 3.87. The lowest BCUT2D eigenvalue weighted by atomic mass is 10.4. The Kier molecular flexibility index (Phi) is 7.90. The van der Waals surface area contributed by atoms with E-state index < -0.39 is 18.0 Å².